The molecule has 1 aromatic carbocycles. The average Bonchev–Trinajstić information content (AvgIpc) is 3.64. The van der Waals surface area contributed by atoms with Crippen molar-refractivity contribution in [1.82, 2.24) is 19.7 Å². The number of likely N-dealkylation sites (tertiary alicyclic amines) is 1. The Kier molecular flexibility index (Phi) is 7.47. The van der Waals surface area contributed by atoms with Crippen LogP contribution < -0.4 is 0 Å². The zero-order valence-corrected chi connectivity index (χ0v) is 20.9. The zero-order chi connectivity index (χ0) is 26.1. The molecule has 2 aliphatic rings. The van der Waals surface area contributed by atoms with Gasteiger partial charge in [-0.25, -0.2) is 22.5 Å². The van der Waals surface area contributed by atoms with Gasteiger partial charge in [0.2, 0.25) is 5.91 Å². The smallest absolute Gasteiger partial charge is 0.282 e. The number of thiazole rings is 1. The van der Waals surface area contributed by atoms with Crippen LogP contribution >= 0.6 is 22.9 Å². The minimum absolute atomic E-state index is 0.130. The highest BCUT2D eigenvalue weighted by Gasteiger charge is 2.30. The molecule has 2 aliphatic heterocycles. The fourth-order valence-electron chi connectivity index (χ4n) is 4.43. The number of piperidine rings is 1. The van der Waals surface area contributed by atoms with Gasteiger partial charge in [-0.1, -0.05) is 28.9 Å². The van der Waals surface area contributed by atoms with Crippen LogP contribution in [0, 0.1) is 6.07 Å². The Hall–Kier alpha value is -2.99. The van der Waals surface area contributed by atoms with Crippen LogP contribution in [0.5, 0.6) is 0 Å². The highest BCUT2D eigenvalue weighted by atomic mass is 35.5. The Morgan fingerprint density at radius 2 is 2.03 bits per heavy atom. The van der Waals surface area contributed by atoms with Crippen molar-refractivity contribution in [3.05, 3.63) is 68.4 Å². The highest BCUT2D eigenvalue weighted by molar-refractivity contribution is 7.10. The molecule has 5 rings (SSSR count). The number of nitrogens with zero attached hydrogens (tertiary/aromatic N) is 5. The van der Waals surface area contributed by atoms with Crippen molar-refractivity contribution in [2.75, 3.05) is 13.1 Å². The summed E-state index contributed by atoms with van der Waals surface area (Å²) in [6, 6.07) is 9.09. The lowest BCUT2D eigenvalue weighted by molar-refractivity contribution is -0.133. The topological polar surface area (TPSA) is 72.6 Å². The van der Waals surface area contributed by atoms with Gasteiger partial charge < -0.3 is 9.74 Å². The fraction of sp³-hybridized carbons (Fsp3) is 0.417. The van der Waals surface area contributed by atoms with Crippen LogP contribution in [0.2, 0.25) is 5.02 Å². The van der Waals surface area contributed by atoms with E-state index in [1.165, 1.54) is 11.3 Å². The molecule has 7 nitrogen and oxygen atoms in total. The Morgan fingerprint density at radius 3 is 2.73 bits per heavy atom. The van der Waals surface area contributed by atoms with Crippen LogP contribution in [0.15, 0.2) is 34.8 Å². The number of hydrogen-bond acceptors (Lipinski definition) is 6. The lowest BCUT2D eigenvalue weighted by atomic mass is 9.97. The van der Waals surface area contributed by atoms with Crippen LogP contribution in [0.1, 0.15) is 71.8 Å². The average molecular weight is 555 g/mol. The Labute approximate surface area is 218 Å². The maximum atomic E-state index is 13.2. The van der Waals surface area contributed by atoms with Crippen molar-refractivity contribution in [2.24, 2.45) is 5.16 Å². The Bertz CT molecular complexity index is 1310. The van der Waals surface area contributed by atoms with E-state index >= 15 is 0 Å². The van der Waals surface area contributed by atoms with E-state index in [2.05, 4.69) is 16.3 Å². The summed E-state index contributed by atoms with van der Waals surface area (Å²) in [4.78, 5) is 24.6. The molecule has 0 spiro atoms. The molecule has 195 valence electrons. The Morgan fingerprint density at radius 1 is 1.24 bits per heavy atom. The van der Waals surface area contributed by atoms with E-state index in [-0.39, 0.29) is 12.0 Å². The summed E-state index contributed by atoms with van der Waals surface area (Å²) >= 11 is 7.76. The fourth-order valence-corrected chi connectivity index (χ4v) is 5.68. The van der Waals surface area contributed by atoms with Crippen LogP contribution in [0.3, 0.4) is 0 Å². The molecule has 37 heavy (non-hydrogen) atoms. The lowest BCUT2D eigenvalue weighted by Gasteiger charge is -2.31. The van der Waals surface area contributed by atoms with Gasteiger partial charge in [-0.2, -0.15) is 5.10 Å². The molecule has 2 aromatic heterocycles. The first-order chi connectivity index (χ1) is 17.8. The van der Waals surface area contributed by atoms with Gasteiger partial charge in [0.1, 0.15) is 23.6 Å². The summed E-state index contributed by atoms with van der Waals surface area (Å²) in [5, 5.41) is 11.1. The number of carbonyl (C=O) groups excluding carboxylic acids is 1. The zero-order valence-electron chi connectivity index (χ0n) is 19.3. The van der Waals surface area contributed by atoms with Crippen molar-refractivity contribution in [3.63, 3.8) is 0 Å². The van der Waals surface area contributed by atoms with Crippen molar-refractivity contribution in [2.45, 2.75) is 50.7 Å². The quantitative estimate of drug-likeness (QED) is 0.339. The second-order valence-electron chi connectivity index (χ2n) is 8.75. The van der Waals surface area contributed by atoms with Gasteiger partial charge in [0.25, 0.3) is 12.9 Å². The summed E-state index contributed by atoms with van der Waals surface area (Å²) in [7, 11) is 0. The van der Waals surface area contributed by atoms with E-state index in [1.54, 1.807) is 23.1 Å². The monoisotopic (exact) mass is 554 g/mol. The van der Waals surface area contributed by atoms with E-state index < -0.39 is 36.7 Å². The van der Waals surface area contributed by atoms with E-state index in [9.17, 15) is 22.4 Å². The molecule has 1 radical (unpaired) electrons. The number of rotatable bonds is 7. The van der Waals surface area contributed by atoms with Gasteiger partial charge in [-0.05, 0) is 31.0 Å². The first-order valence-corrected chi connectivity index (χ1v) is 12.8. The summed E-state index contributed by atoms with van der Waals surface area (Å²) in [5.41, 5.74) is 0.751. The number of aromatic nitrogens is 3. The molecule has 1 fully saturated rings. The van der Waals surface area contributed by atoms with Crippen molar-refractivity contribution in [1.29, 1.82) is 0 Å². The number of alkyl halides is 4. The standard InChI is InChI=1S/C24H21ClF4N5O2S/c25-15-4-2-1-3-14(15)20-10-16(32-36-20)18-12-37-24(30-18)13-5-7-33(8-6-13)21(35)11-34-19(23(28)29)9-17(31-34)22(26)27/h1-2,4,9,12-13,20,22-23H,5-8,10-11H2/t20-/m1/s1. The lowest BCUT2D eigenvalue weighted by Crippen LogP contribution is -2.40. The summed E-state index contributed by atoms with van der Waals surface area (Å²) < 4.78 is 52.9. The highest BCUT2D eigenvalue weighted by Crippen LogP contribution is 2.35. The molecule has 3 aromatic rings. The second kappa shape index (κ2) is 10.8. The third-order valence-electron chi connectivity index (χ3n) is 6.40. The van der Waals surface area contributed by atoms with Crippen LogP contribution in [0.25, 0.3) is 0 Å². The molecule has 0 bridgehead atoms. The van der Waals surface area contributed by atoms with E-state index in [0.29, 0.717) is 48.1 Å². The first-order valence-electron chi connectivity index (χ1n) is 11.6. The number of amides is 1. The van der Waals surface area contributed by atoms with Gasteiger partial charge in [0.05, 0.1) is 10.7 Å². The predicted molar refractivity (Wildman–Crippen MR) is 128 cm³/mol. The molecule has 1 amide bonds. The summed E-state index contributed by atoms with van der Waals surface area (Å²) in [6.07, 6.45) is -4.51. The largest absolute Gasteiger partial charge is 0.387 e. The van der Waals surface area contributed by atoms with E-state index in [4.69, 9.17) is 21.4 Å². The SMILES string of the molecule is O=C(Cn1nc(C(F)F)cc1C(F)F)N1CCC(c2nc(C3=NO[C@@H](c4[c]cccc4Cl)C3)cs2)CC1. The summed E-state index contributed by atoms with van der Waals surface area (Å²) in [6.45, 7) is 0.294. The molecular weight excluding hydrogens is 534 g/mol. The number of oxime groups is 1. The van der Waals surface area contributed by atoms with Gasteiger partial charge in [-0.15, -0.1) is 11.3 Å². The van der Waals surface area contributed by atoms with Crippen molar-refractivity contribution < 1.29 is 27.2 Å². The number of hydrogen-bond donors (Lipinski definition) is 0. The molecular formula is C24H21ClF4N5O2S. The van der Waals surface area contributed by atoms with E-state index in [0.717, 1.165) is 22.0 Å². The molecule has 0 saturated carbocycles. The van der Waals surface area contributed by atoms with Gasteiger partial charge >= 0.3 is 0 Å². The molecule has 1 saturated heterocycles. The summed E-state index contributed by atoms with van der Waals surface area (Å²) in [5.74, 6) is -0.311. The third-order valence-corrected chi connectivity index (χ3v) is 7.74. The van der Waals surface area contributed by atoms with Crippen LogP contribution in [0.4, 0.5) is 17.6 Å². The maximum Gasteiger partial charge on any atom is 0.282 e. The van der Waals surface area contributed by atoms with Crippen molar-refractivity contribution >= 4 is 34.6 Å². The molecule has 0 N–H and O–H groups in total. The van der Waals surface area contributed by atoms with Crippen LogP contribution in [-0.2, 0) is 16.2 Å². The molecule has 13 heteroatoms. The minimum atomic E-state index is -3.01. The van der Waals surface area contributed by atoms with E-state index in [1.807, 2.05) is 5.38 Å². The number of halogens is 5. The molecule has 0 unspecified atom stereocenters. The molecule has 4 heterocycles. The van der Waals surface area contributed by atoms with Crippen molar-refractivity contribution in [3.8, 4) is 0 Å². The molecule has 1 atom stereocenters. The van der Waals surface area contributed by atoms with Gasteiger partial charge in [-0.3, -0.25) is 9.48 Å². The second-order valence-corrected chi connectivity index (χ2v) is 10.0. The third kappa shape index (κ3) is 5.49. The normalized spacial score (nSPS) is 18.5. The predicted octanol–water partition coefficient (Wildman–Crippen LogP) is 5.94. The Balaban J connectivity index is 1.17. The number of carbonyl (C=O) groups is 1. The first kappa shape index (κ1) is 25.7. The van der Waals surface area contributed by atoms with Gasteiger partial charge in [0, 0.05) is 41.4 Å². The van der Waals surface area contributed by atoms with Gasteiger partial charge in [0.15, 0.2) is 6.10 Å². The maximum absolute atomic E-state index is 13.2. The number of benzene rings is 1. The molecule has 0 aliphatic carbocycles. The van der Waals surface area contributed by atoms with Crippen LogP contribution in [-0.4, -0.2) is 44.4 Å². The minimum Gasteiger partial charge on any atom is -0.387 e.